The van der Waals surface area contributed by atoms with Crippen LogP contribution in [-0.2, 0) is 4.79 Å². The summed E-state index contributed by atoms with van der Waals surface area (Å²) in [6.07, 6.45) is 15.5. The van der Waals surface area contributed by atoms with Crippen molar-refractivity contribution in [3.05, 3.63) is 11.6 Å². The smallest absolute Gasteiger partial charge is 0.155 e. The molecule has 0 N–H and O–H groups in total. The molecule has 1 rings (SSSR count). The number of hydrogen-bond acceptors (Lipinski definition) is 1. The molecule has 1 heteroatoms. The lowest BCUT2D eigenvalue weighted by Crippen LogP contribution is -1.95. The molecule has 0 atom stereocenters. The molecule has 0 amide bonds. The van der Waals surface area contributed by atoms with Crippen LogP contribution in [0.3, 0.4) is 0 Å². The Labute approximate surface area is 100 Å². The SMILES string of the molecule is CC1=CC(=O)CCCCCCCCCCC1. The van der Waals surface area contributed by atoms with E-state index in [1.54, 1.807) is 0 Å². The molecule has 0 bridgehead atoms. The van der Waals surface area contributed by atoms with Crippen LogP contribution in [0.5, 0.6) is 0 Å². The third-order valence-corrected chi connectivity index (χ3v) is 3.40. The molecule has 1 aliphatic rings. The quantitative estimate of drug-likeness (QED) is 0.575. The molecule has 1 aliphatic carbocycles. The normalized spacial score (nSPS) is 22.3. The highest BCUT2D eigenvalue weighted by Crippen LogP contribution is 2.15. The molecule has 0 spiro atoms. The summed E-state index contributed by atoms with van der Waals surface area (Å²) >= 11 is 0. The van der Waals surface area contributed by atoms with Crippen LogP contribution < -0.4 is 0 Å². The molecule has 0 aromatic heterocycles. The van der Waals surface area contributed by atoms with Gasteiger partial charge in [0.25, 0.3) is 0 Å². The summed E-state index contributed by atoms with van der Waals surface area (Å²) in [7, 11) is 0. The third-order valence-electron chi connectivity index (χ3n) is 3.40. The van der Waals surface area contributed by atoms with Crippen molar-refractivity contribution in [2.75, 3.05) is 0 Å². The van der Waals surface area contributed by atoms with Crippen LogP contribution in [-0.4, -0.2) is 5.78 Å². The summed E-state index contributed by atoms with van der Waals surface area (Å²) in [6.45, 7) is 2.10. The van der Waals surface area contributed by atoms with E-state index in [1.807, 2.05) is 6.08 Å². The maximum absolute atomic E-state index is 11.6. The summed E-state index contributed by atoms with van der Waals surface area (Å²) in [5.74, 6) is 0.342. The van der Waals surface area contributed by atoms with Crippen molar-refractivity contribution in [3.63, 3.8) is 0 Å². The lowest BCUT2D eigenvalue weighted by atomic mass is 10.0. The number of carbonyl (C=O) groups is 1. The monoisotopic (exact) mass is 222 g/mol. The highest BCUT2D eigenvalue weighted by molar-refractivity contribution is 5.90. The van der Waals surface area contributed by atoms with Crippen molar-refractivity contribution in [3.8, 4) is 0 Å². The molecule has 0 radical (unpaired) electrons. The first-order valence-electron chi connectivity index (χ1n) is 6.99. The molecule has 0 fully saturated rings. The summed E-state index contributed by atoms with van der Waals surface area (Å²) in [5, 5.41) is 0. The van der Waals surface area contributed by atoms with Crippen LogP contribution in [0.1, 0.15) is 77.6 Å². The lowest BCUT2D eigenvalue weighted by molar-refractivity contribution is -0.114. The molecule has 0 aromatic carbocycles. The van der Waals surface area contributed by atoms with Gasteiger partial charge in [0.05, 0.1) is 0 Å². The second-order valence-corrected chi connectivity index (χ2v) is 5.14. The Morgan fingerprint density at radius 1 is 0.750 bits per heavy atom. The van der Waals surface area contributed by atoms with E-state index < -0.39 is 0 Å². The van der Waals surface area contributed by atoms with Crippen molar-refractivity contribution in [1.29, 1.82) is 0 Å². The van der Waals surface area contributed by atoms with Crippen molar-refractivity contribution in [2.24, 2.45) is 0 Å². The number of allylic oxidation sites excluding steroid dienone is 2. The first kappa shape index (κ1) is 13.5. The Balaban J connectivity index is 2.35. The van der Waals surface area contributed by atoms with E-state index in [-0.39, 0.29) is 0 Å². The first-order chi connectivity index (χ1) is 7.79. The molecular weight excluding hydrogens is 196 g/mol. The van der Waals surface area contributed by atoms with Crippen LogP contribution in [0.2, 0.25) is 0 Å². The van der Waals surface area contributed by atoms with Gasteiger partial charge in [-0.05, 0) is 32.3 Å². The minimum absolute atomic E-state index is 0.342. The van der Waals surface area contributed by atoms with E-state index in [9.17, 15) is 4.79 Å². The molecule has 0 unspecified atom stereocenters. The second kappa shape index (κ2) is 8.55. The van der Waals surface area contributed by atoms with Gasteiger partial charge in [-0.25, -0.2) is 0 Å². The molecule has 0 aliphatic heterocycles. The van der Waals surface area contributed by atoms with E-state index in [0.717, 1.165) is 19.3 Å². The van der Waals surface area contributed by atoms with Crippen molar-refractivity contribution in [1.82, 2.24) is 0 Å². The molecule has 1 nitrogen and oxygen atoms in total. The second-order valence-electron chi connectivity index (χ2n) is 5.14. The zero-order chi connectivity index (χ0) is 11.6. The van der Waals surface area contributed by atoms with Crippen LogP contribution >= 0.6 is 0 Å². The summed E-state index contributed by atoms with van der Waals surface area (Å²) in [5.41, 5.74) is 1.28. The molecule has 0 saturated carbocycles. The van der Waals surface area contributed by atoms with Gasteiger partial charge in [-0.15, -0.1) is 0 Å². The number of rotatable bonds is 0. The number of carbonyl (C=O) groups excluding carboxylic acids is 1. The van der Waals surface area contributed by atoms with Gasteiger partial charge in [0.2, 0.25) is 0 Å². The van der Waals surface area contributed by atoms with E-state index in [1.165, 1.54) is 56.9 Å². The molecule has 0 heterocycles. The molecule has 16 heavy (non-hydrogen) atoms. The maximum atomic E-state index is 11.6. The standard InChI is InChI=1S/C15H26O/c1-14-11-9-7-5-3-2-4-6-8-10-12-15(16)13-14/h13H,2-12H2,1H3. The minimum Gasteiger partial charge on any atom is -0.295 e. The first-order valence-corrected chi connectivity index (χ1v) is 6.99. The topological polar surface area (TPSA) is 17.1 Å². The van der Waals surface area contributed by atoms with Gasteiger partial charge in [-0.2, -0.15) is 0 Å². The molecule has 0 saturated heterocycles. The highest BCUT2D eigenvalue weighted by atomic mass is 16.1. The summed E-state index contributed by atoms with van der Waals surface area (Å²) in [4.78, 5) is 11.6. The third kappa shape index (κ3) is 6.81. The van der Waals surface area contributed by atoms with Gasteiger partial charge in [-0.1, -0.05) is 50.5 Å². The number of hydrogen-bond donors (Lipinski definition) is 0. The predicted molar refractivity (Wildman–Crippen MR) is 69.6 cm³/mol. The van der Waals surface area contributed by atoms with Crippen LogP contribution in [0.25, 0.3) is 0 Å². The molecular formula is C15H26O. The summed E-state index contributed by atoms with van der Waals surface area (Å²) < 4.78 is 0. The van der Waals surface area contributed by atoms with Crippen LogP contribution in [0.15, 0.2) is 11.6 Å². The lowest BCUT2D eigenvalue weighted by Gasteiger charge is -2.05. The minimum atomic E-state index is 0.342. The molecule has 92 valence electrons. The summed E-state index contributed by atoms with van der Waals surface area (Å²) in [6, 6.07) is 0. The predicted octanol–water partition coefficient (Wildman–Crippen LogP) is 4.81. The highest BCUT2D eigenvalue weighted by Gasteiger charge is 2.01. The van der Waals surface area contributed by atoms with Gasteiger partial charge in [0.1, 0.15) is 0 Å². The fraction of sp³-hybridized carbons (Fsp3) is 0.800. The Hall–Kier alpha value is -0.590. The van der Waals surface area contributed by atoms with Gasteiger partial charge in [0.15, 0.2) is 5.78 Å². The average Bonchev–Trinajstić information content (AvgIpc) is 2.25. The fourth-order valence-corrected chi connectivity index (χ4v) is 2.36. The van der Waals surface area contributed by atoms with Crippen molar-refractivity contribution < 1.29 is 4.79 Å². The van der Waals surface area contributed by atoms with Crippen molar-refractivity contribution >= 4 is 5.78 Å². The average molecular weight is 222 g/mol. The van der Waals surface area contributed by atoms with Gasteiger partial charge >= 0.3 is 0 Å². The zero-order valence-corrected chi connectivity index (χ0v) is 10.8. The van der Waals surface area contributed by atoms with Gasteiger partial charge < -0.3 is 0 Å². The van der Waals surface area contributed by atoms with E-state index in [4.69, 9.17) is 0 Å². The fourth-order valence-electron chi connectivity index (χ4n) is 2.36. The zero-order valence-electron chi connectivity index (χ0n) is 10.8. The number of ketones is 1. The van der Waals surface area contributed by atoms with Crippen LogP contribution in [0, 0.1) is 0 Å². The Morgan fingerprint density at radius 2 is 1.19 bits per heavy atom. The van der Waals surface area contributed by atoms with Crippen LogP contribution in [0.4, 0.5) is 0 Å². The van der Waals surface area contributed by atoms with E-state index in [0.29, 0.717) is 5.78 Å². The Bertz CT molecular complexity index is 228. The van der Waals surface area contributed by atoms with Gasteiger partial charge in [-0.3, -0.25) is 4.79 Å². The van der Waals surface area contributed by atoms with E-state index in [2.05, 4.69) is 6.92 Å². The van der Waals surface area contributed by atoms with E-state index >= 15 is 0 Å². The molecule has 0 aromatic rings. The van der Waals surface area contributed by atoms with Crippen molar-refractivity contribution in [2.45, 2.75) is 77.6 Å². The van der Waals surface area contributed by atoms with Gasteiger partial charge in [0, 0.05) is 6.42 Å². The Morgan fingerprint density at radius 3 is 1.75 bits per heavy atom. The Kier molecular flexibility index (Phi) is 7.20. The largest absolute Gasteiger partial charge is 0.295 e. The maximum Gasteiger partial charge on any atom is 0.155 e.